The fourth-order valence-electron chi connectivity index (χ4n) is 1.14. The van der Waals surface area contributed by atoms with E-state index in [1.54, 1.807) is 12.1 Å². The molecular weight excluding hydrogens is 194 g/mol. The van der Waals surface area contributed by atoms with Gasteiger partial charge < -0.3 is 9.47 Å². The number of methoxy groups -OCH3 is 1. The molecule has 0 radical (unpaired) electrons. The van der Waals surface area contributed by atoms with Gasteiger partial charge in [0.25, 0.3) is 0 Å². The minimum Gasteiger partial charge on any atom is -0.494 e. The van der Waals surface area contributed by atoms with E-state index in [4.69, 9.17) is 4.74 Å². The fourth-order valence-corrected chi connectivity index (χ4v) is 1.14. The van der Waals surface area contributed by atoms with Gasteiger partial charge in [0.1, 0.15) is 5.76 Å². The zero-order valence-electron chi connectivity index (χ0n) is 8.82. The second-order valence-corrected chi connectivity index (χ2v) is 2.75. The Hall–Kier alpha value is -1.84. The molecule has 0 aromatic carbocycles. The normalized spacial score (nSPS) is 9.47. The van der Waals surface area contributed by atoms with Crippen molar-refractivity contribution < 1.29 is 14.3 Å². The van der Waals surface area contributed by atoms with Gasteiger partial charge in [-0.1, -0.05) is 6.58 Å². The summed E-state index contributed by atoms with van der Waals surface area (Å²) in [5.41, 5.74) is 0.782. The van der Waals surface area contributed by atoms with Crippen molar-refractivity contribution in [1.29, 1.82) is 0 Å². The maximum absolute atomic E-state index is 11.4. The third-order valence-corrected chi connectivity index (χ3v) is 1.81. The molecule has 0 N–H and O–H groups in total. The summed E-state index contributed by atoms with van der Waals surface area (Å²) in [7, 11) is 1.31. The average Bonchev–Trinajstić information content (AvgIpc) is 2.28. The number of ether oxygens (including phenoxy) is 2. The topological polar surface area (TPSA) is 48.4 Å². The summed E-state index contributed by atoms with van der Waals surface area (Å²) in [6.07, 6.45) is 1.52. The molecule has 1 aromatic rings. The molecule has 15 heavy (non-hydrogen) atoms. The lowest BCUT2D eigenvalue weighted by molar-refractivity contribution is 0.0593. The van der Waals surface area contributed by atoms with Crippen LogP contribution in [0.25, 0.3) is 5.76 Å². The molecule has 1 aromatic heterocycles. The van der Waals surface area contributed by atoms with E-state index in [-0.39, 0.29) is 5.69 Å². The van der Waals surface area contributed by atoms with Crippen LogP contribution in [0.15, 0.2) is 24.9 Å². The number of esters is 1. The number of rotatable bonds is 4. The van der Waals surface area contributed by atoms with Crippen molar-refractivity contribution in [1.82, 2.24) is 4.98 Å². The van der Waals surface area contributed by atoms with E-state index >= 15 is 0 Å². The molecule has 4 heteroatoms. The second kappa shape index (κ2) is 5.14. The summed E-state index contributed by atoms with van der Waals surface area (Å²) in [5.74, 6) is -0.0718. The number of carbonyl (C=O) groups is 1. The molecule has 0 saturated heterocycles. The van der Waals surface area contributed by atoms with E-state index in [0.717, 1.165) is 0 Å². The molecule has 4 nitrogen and oxygen atoms in total. The smallest absolute Gasteiger partial charge is 0.357 e. The summed E-state index contributed by atoms with van der Waals surface area (Å²) < 4.78 is 9.83. The predicted molar refractivity (Wildman–Crippen MR) is 56.2 cm³/mol. The van der Waals surface area contributed by atoms with Gasteiger partial charge in [0.05, 0.1) is 13.7 Å². The number of carbonyl (C=O) groups excluding carboxylic acids is 1. The van der Waals surface area contributed by atoms with Crippen LogP contribution in [-0.2, 0) is 9.47 Å². The molecule has 0 aliphatic rings. The summed E-state index contributed by atoms with van der Waals surface area (Å²) in [5, 5.41) is 0. The van der Waals surface area contributed by atoms with E-state index in [1.807, 2.05) is 6.92 Å². The number of aromatic nitrogens is 1. The zero-order valence-corrected chi connectivity index (χ0v) is 8.82. The van der Waals surface area contributed by atoms with Gasteiger partial charge in [-0.2, -0.15) is 0 Å². The van der Waals surface area contributed by atoms with Crippen LogP contribution in [0, 0.1) is 0 Å². The van der Waals surface area contributed by atoms with Crippen molar-refractivity contribution in [2.75, 3.05) is 13.7 Å². The minimum absolute atomic E-state index is 0.221. The fraction of sp³-hybridized carbons (Fsp3) is 0.273. The first-order valence-electron chi connectivity index (χ1n) is 4.56. The maximum Gasteiger partial charge on any atom is 0.357 e. The Balaban J connectivity index is 3.06. The second-order valence-electron chi connectivity index (χ2n) is 2.75. The molecule has 0 unspecified atom stereocenters. The molecule has 0 aliphatic carbocycles. The lowest BCUT2D eigenvalue weighted by Gasteiger charge is -2.09. The molecule has 0 aliphatic heterocycles. The molecule has 0 saturated carbocycles. The maximum atomic E-state index is 11.4. The first-order chi connectivity index (χ1) is 7.20. The highest BCUT2D eigenvalue weighted by molar-refractivity contribution is 5.92. The third-order valence-electron chi connectivity index (χ3n) is 1.81. The van der Waals surface area contributed by atoms with Gasteiger partial charge >= 0.3 is 5.97 Å². The Bertz CT molecular complexity index is 374. The van der Waals surface area contributed by atoms with Crippen molar-refractivity contribution in [2.24, 2.45) is 0 Å². The van der Waals surface area contributed by atoms with E-state index in [1.165, 1.54) is 13.3 Å². The van der Waals surface area contributed by atoms with Crippen LogP contribution in [-0.4, -0.2) is 24.7 Å². The number of nitrogens with zero attached hydrogens (tertiary/aromatic N) is 1. The average molecular weight is 207 g/mol. The van der Waals surface area contributed by atoms with Crippen molar-refractivity contribution in [3.63, 3.8) is 0 Å². The summed E-state index contributed by atoms with van der Waals surface area (Å²) in [4.78, 5) is 15.3. The summed E-state index contributed by atoms with van der Waals surface area (Å²) in [6.45, 7) is 6.06. The van der Waals surface area contributed by atoms with Gasteiger partial charge in [0, 0.05) is 11.8 Å². The quantitative estimate of drug-likeness (QED) is 0.558. The highest BCUT2D eigenvalue weighted by atomic mass is 16.5. The van der Waals surface area contributed by atoms with Gasteiger partial charge in [0.2, 0.25) is 0 Å². The van der Waals surface area contributed by atoms with Crippen LogP contribution in [0.3, 0.4) is 0 Å². The molecule has 1 heterocycles. The largest absolute Gasteiger partial charge is 0.494 e. The molecule has 0 fully saturated rings. The Kier molecular flexibility index (Phi) is 3.85. The van der Waals surface area contributed by atoms with Crippen LogP contribution < -0.4 is 0 Å². The number of pyridine rings is 1. The van der Waals surface area contributed by atoms with Crippen molar-refractivity contribution in [3.05, 3.63) is 36.2 Å². The molecule has 0 spiro atoms. The van der Waals surface area contributed by atoms with Crippen molar-refractivity contribution in [2.45, 2.75) is 6.92 Å². The first-order valence-corrected chi connectivity index (χ1v) is 4.56. The van der Waals surface area contributed by atoms with Crippen molar-refractivity contribution in [3.8, 4) is 0 Å². The standard InChI is InChI=1S/C11H13NO3/c1-4-15-8(2)9-6-5-7-12-10(9)11(13)14-3/h5-7H,2,4H2,1,3H3. The van der Waals surface area contributed by atoms with Gasteiger partial charge in [-0.25, -0.2) is 9.78 Å². The Morgan fingerprint density at radius 1 is 1.60 bits per heavy atom. The Morgan fingerprint density at radius 3 is 2.93 bits per heavy atom. The third kappa shape index (κ3) is 2.56. The first kappa shape index (κ1) is 11.2. The van der Waals surface area contributed by atoms with Crippen LogP contribution in [0.5, 0.6) is 0 Å². The monoisotopic (exact) mass is 207 g/mol. The molecule has 0 bridgehead atoms. The minimum atomic E-state index is -0.494. The SMILES string of the molecule is C=C(OCC)c1cccnc1C(=O)OC. The molecule has 0 atom stereocenters. The van der Waals surface area contributed by atoms with Crippen LogP contribution in [0.1, 0.15) is 23.0 Å². The molecule has 1 rings (SSSR count). The van der Waals surface area contributed by atoms with E-state index < -0.39 is 5.97 Å². The highest BCUT2D eigenvalue weighted by Gasteiger charge is 2.15. The lowest BCUT2D eigenvalue weighted by Crippen LogP contribution is -2.08. The van der Waals surface area contributed by atoms with Crippen LogP contribution in [0.4, 0.5) is 0 Å². The Labute approximate surface area is 88.5 Å². The molecule has 80 valence electrons. The lowest BCUT2D eigenvalue weighted by atomic mass is 10.1. The Morgan fingerprint density at radius 2 is 2.33 bits per heavy atom. The number of hydrogen-bond acceptors (Lipinski definition) is 4. The summed E-state index contributed by atoms with van der Waals surface area (Å²) in [6, 6.07) is 3.43. The van der Waals surface area contributed by atoms with E-state index in [2.05, 4.69) is 16.3 Å². The van der Waals surface area contributed by atoms with Gasteiger partial charge in [-0.05, 0) is 19.1 Å². The van der Waals surface area contributed by atoms with E-state index in [9.17, 15) is 4.79 Å². The van der Waals surface area contributed by atoms with Gasteiger partial charge in [0.15, 0.2) is 5.69 Å². The van der Waals surface area contributed by atoms with E-state index in [0.29, 0.717) is 17.9 Å². The van der Waals surface area contributed by atoms with Gasteiger partial charge in [-0.15, -0.1) is 0 Å². The van der Waals surface area contributed by atoms with Crippen LogP contribution >= 0.6 is 0 Å². The van der Waals surface area contributed by atoms with Crippen LogP contribution in [0.2, 0.25) is 0 Å². The molecular formula is C11H13NO3. The predicted octanol–water partition coefficient (Wildman–Crippen LogP) is 1.88. The summed E-state index contributed by atoms with van der Waals surface area (Å²) >= 11 is 0. The zero-order chi connectivity index (χ0) is 11.3. The number of hydrogen-bond donors (Lipinski definition) is 0. The van der Waals surface area contributed by atoms with Gasteiger partial charge in [-0.3, -0.25) is 0 Å². The molecule has 0 amide bonds. The van der Waals surface area contributed by atoms with Crippen molar-refractivity contribution >= 4 is 11.7 Å². The highest BCUT2D eigenvalue weighted by Crippen LogP contribution is 2.17.